The zero-order valence-electron chi connectivity index (χ0n) is 7.59. The number of allylic oxidation sites excluding steroid dienone is 2. The Morgan fingerprint density at radius 2 is 1.83 bits per heavy atom. The van der Waals surface area contributed by atoms with Crippen LogP contribution in [0.3, 0.4) is 0 Å². The number of hydrogen-bond acceptors (Lipinski definition) is 1. The first-order valence-corrected chi connectivity index (χ1v) is 3.89. The summed E-state index contributed by atoms with van der Waals surface area (Å²) in [6.07, 6.45) is 5.46. The van der Waals surface area contributed by atoms with Crippen LogP contribution in [0.15, 0.2) is 31.6 Å². The monoisotopic (exact) mass is 159 g/mol. The fourth-order valence-electron chi connectivity index (χ4n) is 1.31. The van der Waals surface area contributed by atoms with Crippen molar-refractivity contribution in [1.82, 2.24) is 4.98 Å². The number of rotatable bonds is 2. The summed E-state index contributed by atoms with van der Waals surface area (Å²) in [6, 6.07) is 0. The average molecular weight is 159 g/mol. The van der Waals surface area contributed by atoms with E-state index in [0.29, 0.717) is 0 Å². The Balaban J connectivity index is 3.30. The average Bonchev–Trinajstić information content (AvgIpc) is 2.03. The SMILES string of the molecule is C=CC(=C)c1c(C)cncc1C. The minimum absolute atomic E-state index is 0.965. The molecule has 0 saturated heterocycles. The van der Waals surface area contributed by atoms with Gasteiger partial charge in [-0.05, 0) is 36.1 Å². The second-order valence-electron chi connectivity index (χ2n) is 2.88. The van der Waals surface area contributed by atoms with Crippen LogP contribution >= 0.6 is 0 Å². The van der Waals surface area contributed by atoms with Crippen LogP contribution in [0.25, 0.3) is 5.57 Å². The van der Waals surface area contributed by atoms with E-state index in [1.54, 1.807) is 6.08 Å². The third-order valence-corrected chi connectivity index (χ3v) is 1.89. The number of hydrogen-bond donors (Lipinski definition) is 0. The Hall–Kier alpha value is -1.37. The van der Waals surface area contributed by atoms with Crippen molar-refractivity contribution in [2.75, 3.05) is 0 Å². The van der Waals surface area contributed by atoms with Crippen molar-refractivity contribution in [3.8, 4) is 0 Å². The fourth-order valence-corrected chi connectivity index (χ4v) is 1.31. The van der Waals surface area contributed by atoms with Gasteiger partial charge in [-0.3, -0.25) is 4.98 Å². The molecule has 1 heterocycles. The standard InChI is InChI=1S/C11H13N/c1-5-8(2)11-9(3)6-12-7-10(11)4/h5-7H,1-2H2,3-4H3. The molecule has 0 atom stereocenters. The van der Waals surface area contributed by atoms with Gasteiger partial charge in [0.05, 0.1) is 0 Å². The molecule has 0 aliphatic rings. The van der Waals surface area contributed by atoms with Gasteiger partial charge in [0.25, 0.3) is 0 Å². The van der Waals surface area contributed by atoms with Gasteiger partial charge in [0, 0.05) is 12.4 Å². The highest BCUT2D eigenvalue weighted by molar-refractivity contribution is 5.75. The number of pyridine rings is 1. The van der Waals surface area contributed by atoms with Crippen LogP contribution in [0.1, 0.15) is 16.7 Å². The lowest BCUT2D eigenvalue weighted by molar-refractivity contribution is 1.20. The Labute approximate surface area is 73.5 Å². The molecule has 0 bridgehead atoms. The summed E-state index contributed by atoms with van der Waals surface area (Å²) in [6.45, 7) is 11.7. The van der Waals surface area contributed by atoms with Crippen molar-refractivity contribution in [3.63, 3.8) is 0 Å². The van der Waals surface area contributed by atoms with Gasteiger partial charge in [-0.1, -0.05) is 19.2 Å². The van der Waals surface area contributed by atoms with E-state index in [9.17, 15) is 0 Å². The van der Waals surface area contributed by atoms with Crippen LogP contribution in [0.4, 0.5) is 0 Å². The van der Waals surface area contributed by atoms with Gasteiger partial charge in [-0.2, -0.15) is 0 Å². The Morgan fingerprint density at radius 3 is 2.25 bits per heavy atom. The van der Waals surface area contributed by atoms with E-state index in [2.05, 4.69) is 18.1 Å². The zero-order valence-corrected chi connectivity index (χ0v) is 7.59. The molecule has 1 nitrogen and oxygen atoms in total. The van der Waals surface area contributed by atoms with E-state index < -0.39 is 0 Å². The molecule has 0 spiro atoms. The molecule has 0 saturated carbocycles. The van der Waals surface area contributed by atoms with Crippen LogP contribution in [0.5, 0.6) is 0 Å². The first-order valence-electron chi connectivity index (χ1n) is 3.89. The quantitative estimate of drug-likeness (QED) is 0.604. The second-order valence-corrected chi connectivity index (χ2v) is 2.88. The largest absolute Gasteiger partial charge is 0.264 e. The molecule has 0 aliphatic heterocycles. The van der Waals surface area contributed by atoms with Crippen LogP contribution < -0.4 is 0 Å². The molecule has 0 N–H and O–H groups in total. The van der Waals surface area contributed by atoms with E-state index in [4.69, 9.17) is 0 Å². The van der Waals surface area contributed by atoms with Gasteiger partial charge in [-0.25, -0.2) is 0 Å². The maximum absolute atomic E-state index is 4.09. The van der Waals surface area contributed by atoms with E-state index in [-0.39, 0.29) is 0 Å². The van der Waals surface area contributed by atoms with E-state index in [1.807, 2.05) is 26.2 Å². The molecule has 1 rings (SSSR count). The molecule has 0 unspecified atom stereocenters. The molecule has 62 valence electrons. The summed E-state index contributed by atoms with van der Waals surface area (Å²) in [5.41, 5.74) is 4.44. The van der Waals surface area contributed by atoms with Gasteiger partial charge in [0.2, 0.25) is 0 Å². The van der Waals surface area contributed by atoms with Crippen molar-refractivity contribution in [2.24, 2.45) is 0 Å². The van der Waals surface area contributed by atoms with Crippen molar-refractivity contribution < 1.29 is 0 Å². The molecule has 1 aromatic heterocycles. The molecule has 1 aromatic rings. The van der Waals surface area contributed by atoms with Crippen LogP contribution in [0, 0.1) is 13.8 Å². The summed E-state index contributed by atoms with van der Waals surface area (Å²) in [5.74, 6) is 0. The number of nitrogens with zero attached hydrogens (tertiary/aromatic N) is 1. The number of aromatic nitrogens is 1. The van der Waals surface area contributed by atoms with Crippen molar-refractivity contribution >= 4 is 5.57 Å². The van der Waals surface area contributed by atoms with Crippen LogP contribution in [-0.2, 0) is 0 Å². The highest BCUT2D eigenvalue weighted by atomic mass is 14.6. The summed E-state index contributed by atoms with van der Waals surface area (Å²) < 4.78 is 0. The van der Waals surface area contributed by atoms with Gasteiger partial charge >= 0.3 is 0 Å². The maximum atomic E-state index is 4.09. The predicted octanol–water partition coefficient (Wildman–Crippen LogP) is 2.90. The topological polar surface area (TPSA) is 12.9 Å². The van der Waals surface area contributed by atoms with Gasteiger partial charge < -0.3 is 0 Å². The Kier molecular flexibility index (Phi) is 2.44. The minimum Gasteiger partial charge on any atom is -0.264 e. The van der Waals surface area contributed by atoms with Gasteiger partial charge in [-0.15, -0.1) is 0 Å². The minimum atomic E-state index is 0.965. The third kappa shape index (κ3) is 1.45. The third-order valence-electron chi connectivity index (χ3n) is 1.89. The first kappa shape index (κ1) is 8.72. The lowest BCUT2D eigenvalue weighted by atomic mass is 10.00. The molecule has 0 aliphatic carbocycles. The van der Waals surface area contributed by atoms with E-state index in [0.717, 1.165) is 16.7 Å². The molecule has 0 radical (unpaired) electrons. The summed E-state index contributed by atoms with van der Waals surface area (Å²) in [5, 5.41) is 0. The van der Waals surface area contributed by atoms with Gasteiger partial charge in [0.1, 0.15) is 0 Å². The van der Waals surface area contributed by atoms with Crippen LogP contribution in [-0.4, -0.2) is 4.98 Å². The first-order chi connectivity index (χ1) is 5.66. The number of aryl methyl sites for hydroxylation is 2. The highest BCUT2D eigenvalue weighted by Crippen LogP contribution is 2.20. The smallest absolute Gasteiger partial charge is 0.0303 e. The normalized spacial score (nSPS) is 9.50. The molecule has 12 heavy (non-hydrogen) atoms. The summed E-state index contributed by atoms with van der Waals surface area (Å²) in [7, 11) is 0. The predicted molar refractivity (Wildman–Crippen MR) is 52.9 cm³/mol. The molecule has 0 fully saturated rings. The fraction of sp³-hybridized carbons (Fsp3) is 0.182. The van der Waals surface area contributed by atoms with E-state index >= 15 is 0 Å². The van der Waals surface area contributed by atoms with Crippen molar-refractivity contribution in [3.05, 3.63) is 48.3 Å². The lowest BCUT2D eigenvalue weighted by Crippen LogP contribution is -1.91. The molecular formula is C11H13N. The Bertz CT molecular complexity index is 304. The lowest BCUT2D eigenvalue weighted by Gasteiger charge is -2.07. The zero-order chi connectivity index (χ0) is 9.14. The van der Waals surface area contributed by atoms with Crippen LogP contribution in [0.2, 0.25) is 0 Å². The van der Waals surface area contributed by atoms with Gasteiger partial charge in [0.15, 0.2) is 0 Å². The Morgan fingerprint density at radius 1 is 1.33 bits per heavy atom. The molecule has 0 amide bonds. The molecular weight excluding hydrogens is 146 g/mol. The maximum Gasteiger partial charge on any atom is 0.0303 e. The van der Waals surface area contributed by atoms with Crippen molar-refractivity contribution in [2.45, 2.75) is 13.8 Å². The summed E-state index contributed by atoms with van der Waals surface area (Å²) >= 11 is 0. The second kappa shape index (κ2) is 3.35. The van der Waals surface area contributed by atoms with E-state index in [1.165, 1.54) is 5.56 Å². The molecule has 1 heteroatoms. The highest BCUT2D eigenvalue weighted by Gasteiger charge is 2.02. The summed E-state index contributed by atoms with van der Waals surface area (Å²) in [4.78, 5) is 4.09. The van der Waals surface area contributed by atoms with Crippen molar-refractivity contribution in [1.29, 1.82) is 0 Å². The molecule has 0 aromatic carbocycles.